The molecule has 7 heteroatoms. The van der Waals surface area contributed by atoms with Crippen molar-refractivity contribution in [2.24, 2.45) is 0 Å². The summed E-state index contributed by atoms with van der Waals surface area (Å²) in [4.78, 5) is 19.6. The average molecular weight is 435 g/mol. The second kappa shape index (κ2) is 7.15. The lowest BCUT2D eigenvalue weighted by Crippen LogP contribution is -2.48. The number of aryl methyl sites for hydroxylation is 3. The summed E-state index contributed by atoms with van der Waals surface area (Å²) in [5.41, 5.74) is 6.19. The molecule has 5 rings (SSSR count). The zero-order valence-electron chi connectivity index (χ0n) is 18.5. The third-order valence-electron chi connectivity index (χ3n) is 5.99. The number of rotatable bonds is 3. The molecular formula is C24H26BNO4S. The van der Waals surface area contributed by atoms with E-state index in [1.54, 1.807) is 11.3 Å². The Kier molecular flexibility index (Phi) is 4.77. The average Bonchev–Trinajstić information content (AvgIpc) is 2.89. The van der Waals surface area contributed by atoms with E-state index in [1.165, 1.54) is 10.3 Å². The predicted molar refractivity (Wildman–Crippen MR) is 125 cm³/mol. The highest BCUT2D eigenvalue weighted by atomic mass is 32.1. The lowest BCUT2D eigenvalue weighted by Gasteiger charge is -2.30. The Labute approximate surface area is 186 Å². The van der Waals surface area contributed by atoms with Gasteiger partial charge in [-0.2, -0.15) is 0 Å². The molecule has 0 amide bonds. The number of thiophene rings is 1. The van der Waals surface area contributed by atoms with Crippen molar-refractivity contribution in [3.05, 3.63) is 39.9 Å². The number of ether oxygens (including phenoxy) is 1. The van der Waals surface area contributed by atoms with Crippen molar-refractivity contribution in [2.75, 3.05) is 6.61 Å². The first-order valence-corrected chi connectivity index (χ1v) is 11.6. The zero-order valence-corrected chi connectivity index (χ0v) is 19.4. The molecule has 0 saturated heterocycles. The Balaban J connectivity index is 1.90. The normalized spacial score (nSPS) is 16.2. The van der Waals surface area contributed by atoms with Crippen LogP contribution in [0.25, 0.3) is 21.3 Å². The smallest absolute Gasteiger partial charge is 0.364 e. The summed E-state index contributed by atoms with van der Waals surface area (Å²) in [6.07, 6.45) is 0.839. The Hall–Kier alpha value is -2.22. The number of nitrogens with zero attached hydrogens (tertiary/aromatic N) is 1. The molecule has 160 valence electrons. The summed E-state index contributed by atoms with van der Waals surface area (Å²) in [5.74, 6) is -0.997. The van der Waals surface area contributed by atoms with Crippen molar-refractivity contribution in [1.82, 2.24) is 4.98 Å². The monoisotopic (exact) mass is 435 g/mol. The fourth-order valence-corrected chi connectivity index (χ4v) is 6.16. The van der Waals surface area contributed by atoms with Crippen LogP contribution in [0.2, 0.25) is 0 Å². The number of carboxylic acids is 1. The van der Waals surface area contributed by atoms with Gasteiger partial charge in [-0.1, -0.05) is 23.8 Å². The van der Waals surface area contributed by atoms with Crippen LogP contribution in [0.4, 0.5) is 0 Å². The van der Waals surface area contributed by atoms with Gasteiger partial charge >= 0.3 is 12.9 Å². The Morgan fingerprint density at radius 1 is 1.32 bits per heavy atom. The van der Waals surface area contributed by atoms with Crippen LogP contribution in [0, 0.1) is 13.8 Å². The first kappa shape index (κ1) is 20.7. The molecule has 2 aliphatic heterocycles. The molecule has 1 atom stereocenters. The van der Waals surface area contributed by atoms with Crippen LogP contribution < -0.4 is 10.9 Å². The highest BCUT2D eigenvalue weighted by Crippen LogP contribution is 2.43. The van der Waals surface area contributed by atoms with Crippen LogP contribution in [-0.4, -0.2) is 35.2 Å². The molecule has 4 heterocycles. The Bertz CT molecular complexity index is 1230. The van der Waals surface area contributed by atoms with Gasteiger partial charge in [-0.25, -0.2) is 9.78 Å². The van der Waals surface area contributed by atoms with Crippen molar-refractivity contribution in [3.63, 3.8) is 0 Å². The number of aliphatic carboxylic acids is 1. The summed E-state index contributed by atoms with van der Waals surface area (Å²) in [7, 11) is 0. The van der Waals surface area contributed by atoms with Gasteiger partial charge in [0.05, 0.1) is 5.60 Å². The largest absolute Gasteiger partial charge is 0.479 e. The lowest BCUT2D eigenvalue weighted by atomic mass is 9.49. The van der Waals surface area contributed by atoms with E-state index in [0.717, 1.165) is 45.2 Å². The maximum Gasteiger partial charge on any atom is 0.364 e. The fraction of sp³-hybridized carbons (Fsp3) is 0.417. The third-order valence-corrected chi connectivity index (χ3v) is 7.15. The number of hydrogen-bond acceptors (Lipinski definition) is 5. The highest BCUT2D eigenvalue weighted by Gasteiger charge is 2.41. The summed E-state index contributed by atoms with van der Waals surface area (Å²) in [6.45, 7) is 10.2. The SMILES string of the molecule is Cc1ccc2c(c1)B1OCCCc3sc4nc(C)c(C(OC(C)(C)C)C(=O)O)c-2c4c31. The number of pyridine rings is 1. The van der Waals surface area contributed by atoms with Gasteiger partial charge in [0, 0.05) is 28.1 Å². The van der Waals surface area contributed by atoms with Gasteiger partial charge in [-0.15, -0.1) is 11.3 Å². The van der Waals surface area contributed by atoms with Gasteiger partial charge in [0.1, 0.15) is 4.83 Å². The second-order valence-electron chi connectivity index (χ2n) is 9.50. The van der Waals surface area contributed by atoms with E-state index in [-0.39, 0.29) is 6.92 Å². The summed E-state index contributed by atoms with van der Waals surface area (Å²) in [6, 6.07) is 6.37. The van der Waals surface area contributed by atoms with E-state index >= 15 is 0 Å². The quantitative estimate of drug-likeness (QED) is 0.632. The molecule has 2 aromatic heterocycles. The highest BCUT2D eigenvalue weighted by molar-refractivity contribution is 7.21. The number of benzene rings is 1. The number of fused-ring (bicyclic) bond motifs is 3. The van der Waals surface area contributed by atoms with E-state index in [1.807, 2.05) is 27.7 Å². The van der Waals surface area contributed by atoms with Gasteiger partial charge in [0.2, 0.25) is 0 Å². The minimum absolute atomic E-state index is 0.127. The van der Waals surface area contributed by atoms with Crippen LogP contribution in [0.1, 0.15) is 55.0 Å². The molecule has 2 aliphatic rings. The third kappa shape index (κ3) is 3.30. The van der Waals surface area contributed by atoms with E-state index in [2.05, 4.69) is 25.1 Å². The number of aromatic nitrogens is 1. The molecule has 0 aliphatic carbocycles. The molecule has 1 aromatic carbocycles. The molecule has 0 saturated carbocycles. The van der Waals surface area contributed by atoms with Crippen molar-refractivity contribution in [1.29, 1.82) is 0 Å². The van der Waals surface area contributed by atoms with Crippen LogP contribution in [0.15, 0.2) is 18.2 Å². The summed E-state index contributed by atoms with van der Waals surface area (Å²) < 4.78 is 12.5. The summed E-state index contributed by atoms with van der Waals surface area (Å²) in [5, 5.41) is 11.2. The van der Waals surface area contributed by atoms with Crippen LogP contribution in [-0.2, 0) is 20.6 Å². The maximum atomic E-state index is 12.4. The van der Waals surface area contributed by atoms with Crippen LogP contribution >= 0.6 is 11.3 Å². The summed E-state index contributed by atoms with van der Waals surface area (Å²) >= 11 is 1.72. The standard InChI is InChI=1S/C24H26BNO4S/c1-12-8-9-14-15(11-12)25-20-16(7-6-10-29-25)31-22-19(20)18(14)17(13(2)26-22)21(23(27)28)30-24(3,4)5/h8-9,11,21H,6-7,10H2,1-5H3,(H,27,28). The fourth-order valence-electron chi connectivity index (χ4n) is 4.86. The van der Waals surface area contributed by atoms with E-state index < -0.39 is 17.7 Å². The van der Waals surface area contributed by atoms with Crippen LogP contribution in [0.3, 0.4) is 0 Å². The van der Waals surface area contributed by atoms with Crippen molar-refractivity contribution in [2.45, 2.75) is 59.2 Å². The minimum atomic E-state index is -1.10. The molecule has 1 unspecified atom stereocenters. The number of carboxylic acid groups (broad SMARTS) is 1. The van der Waals surface area contributed by atoms with Gasteiger partial charge in [-0.05, 0) is 69.5 Å². The number of carbonyl (C=O) groups is 1. The van der Waals surface area contributed by atoms with Crippen molar-refractivity contribution < 1.29 is 19.3 Å². The Morgan fingerprint density at radius 3 is 2.81 bits per heavy atom. The molecule has 3 aromatic rings. The first-order chi connectivity index (χ1) is 14.7. The second-order valence-corrected chi connectivity index (χ2v) is 10.6. The molecule has 0 spiro atoms. The van der Waals surface area contributed by atoms with Crippen molar-refractivity contribution >= 4 is 45.4 Å². The molecule has 5 nitrogen and oxygen atoms in total. The van der Waals surface area contributed by atoms with Gasteiger partial charge in [-0.3, -0.25) is 0 Å². The van der Waals surface area contributed by atoms with Gasteiger partial charge in [0.15, 0.2) is 6.10 Å². The molecule has 1 N–H and O–H groups in total. The zero-order chi connectivity index (χ0) is 22.1. The first-order valence-electron chi connectivity index (χ1n) is 10.7. The Morgan fingerprint density at radius 2 is 2.10 bits per heavy atom. The minimum Gasteiger partial charge on any atom is -0.479 e. The van der Waals surface area contributed by atoms with Gasteiger partial charge < -0.3 is 14.5 Å². The molecular weight excluding hydrogens is 409 g/mol. The van der Waals surface area contributed by atoms with Gasteiger partial charge in [0.25, 0.3) is 0 Å². The van der Waals surface area contributed by atoms with Crippen LogP contribution in [0.5, 0.6) is 0 Å². The van der Waals surface area contributed by atoms with E-state index in [9.17, 15) is 9.90 Å². The van der Waals surface area contributed by atoms with Crippen molar-refractivity contribution in [3.8, 4) is 11.1 Å². The molecule has 0 fully saturated rings. The topological polar surface area (TPSA) is 68.7 Å². The molecule has 0 radical (unpaired) electrons. The lowest BCUT2D eigenvalue weighted by molar-refractivity contribution is -0.160. The maximum absolute atomic E-state index is 12.4. The molecule has 31 heavy (non-hydrogen) atoms. The molecule has 0 bridgehead atoms. The number of hydrogen-bond donors (Lipinski definition) is 1. The van der Waals surface area contributed by atoms with E-state index in [0.29, 0.717) is 17.9 Å². The van der Waals surface area contributed by atoms with E-state index in [4.69, 9.17) is 14.4 Å². The predicted octanol–water partition coefficient (Wildman–Crippen LogP) is 3.90.